The maximum absolute atomic E-state index is 16.6. The van der Waals surface area contributed by atoms with Crippen LogP contribution in [0.1, 0.15) is 0 Å². The maximum atomic E-state index is 16.6. The quantitative estimate of drug-likeness (QED) is 0.360. The lowest BCUT2D eigenvalue weighted by atomic mass is 9.96. The first-order valence-electron chi connectivity index (χ1n) is 13.0. The van der Waals surface area contributed by atoms with Crippen molar-refractivity contribution in [3.8, 4) is 16.9 Å². The van der Waals surface area contributed by atoms with Gasteiger partial charge in [0.25, 0.3) is 0 Å². The van der Waals surface area contributed by atoms with Crippen LogP contribution in [0.5, 0.6) is 5.75 Å². The molecule has 0 amide bonds. The van der Waals surface area contributed by atoms with Gasteiger partial charge in [-0.05, 0) is 48.6 Å². The predicted octanol–water partition coefficient (Wildman–Crippen LogP) is 4.40. The smallest absolute Gasteiger partial charge is 0.231 e. The summed E-state index contributed by atoms with van der Waals surface area (Å²) in [7, 11) is 4.08. The van der Waals surface area contributed by atoms with E-state index in [0.717, 1.165) is 23.9 Å². The minimum absolute atomic E-state index is 0.00917. The van der Waals surface area contributed by atoms with Gasteiger partial charge in [-0.1, -0.05) is 35.9 Å². The third-order valence-corrected chi connectivity index (χ3v) is 8.01. The van der Waals surface area contributed by atoms with Crippen molar-refractivity contribution in [2.45, 2.75) is 12.1 Å². The average Bonchev–Trinajstić information content (AvgIpc) is 2.88. The summed E-state index contributed by atoms with van der Waals surface area (Å²) >= 11 is 6.82. The molecular weight excluding hydrogens is 517 g/mol. The van der Waals surface area contributed by atoms with Gasteiger partial charge in [0, 0.05) is 49.7 Å². The number of hydrogen-bond donors (Lipinski definition) is 2. The van der Waals surface area contributed by atoms with Gasteiger partial charge >= 0.3 is 0 Å². The number of fused-ring (bicyclic) bond motifs is 2. The maximum Gasteiger partial charge on any atom is 0.231 e. The van der Waals surface area contributed by atoms with Crippen molar-refractivity contribution in [1.82, 2.24) is 20.2 Å². The number of phenolic OH excluding ortho intramolecular Hbond substituents is 1. The number of phenols is 1. The Labute approximate surface area is 231 Å². The summed E-state index contributed by atoms with van der Waals surface area (Å²) in [4.78, 5) is 19.6. The van der Waals surface area contributed by atoms with Crippen LogP contribution in [0.4, 0.5) is 16.2 Å². The molecule has 0 aliphatic carbocycles. The summed E-state index contributed by atoms with van der Waals surface area (Å²) in [6.45, 7) is 11.1. The van der Waals surface area contributed by atoms with Gasteiger partial charge in [0.15, 0.2) is 5.82 Å². The van der Waals surface area contributed by atoms with E-state index in [0.29, 0.717) is 54.9 Å². The van der Waals surface area contributed by atoms with E-state index in [-0.39, 0.29) is 27.9 Å². The Balaban J connectivity index is 1.54. The number of benzene rings is 3. The van der Waals surface area contributed by atoms with Crippen molar-refractivity contribution >= 4 is 45.0 Å². The molecule has 2 saturated heterocycles. The number of aromatic hydroxyl groups is 1. The first-order chi connectivity index (χ1) is 18.8. The standard InChI is InChI=1S/C29H29ClFN7O/c1-32-13-18-14-37(9-8-33-18)28-23-12-24(30)25(22-11-20(39)10-17-6-4-5-7-21(17)22)26(31)27(23)34-29(35-28)38-15-19(16-38)36(2)3/h4-7,10-12,18-19,33,39H,8-9,13-16H2,2-3H3/t18-/m0/s1. The van der Waals surface area contributed by atoms with Crippen molar-refractivity contribution < 1.29 is 9.50 Å². The molecule has 39 heavy (non-hydrogen) atoms. The SMILES string of the molecule is [C-]#[N+]C[C@H]1CN(c2nc(N3CC(N(C)C)C3)nc3c(F)c(-c4cc(O)cc5ccccc45)c(Cl)cc23)CCN1. The fourth-order valence-corrected chi connectivity index (χ4v) is 5.79. The number of hydrogen-bond acceptors (Lipinski definition) is 7. The third-order valence-electron chi connectivity index (χ3n) is 7.71. The predicted molar refractivity (Wildman–Crippen MR) is 154 cm³/mol. The molecular formula is C29H29ClFN7O. The Hall–Kier alpha value is -3.71. The molecule has 0 spiro atoms. The molecule has 0 bridgehead atoms. The topological polar surface area (TPSA) is 72.1 Å². The molecule has 3 heterocycles. The summed E-state index contributed by atoms with van der Waals surface area (Å²) in [5.41, 5.74) is 0.899. The van der Waals surface area contributed by atoms with Crippen LogP contribution in [-0.4, -0.2) is 85.4 Å². The Bertz CT molecular complexity index is 1620. The zero-order chi connectivity index (χ0) is 27.3. The minimum Gasteiger partial charge on any atom is -0.508 e. The van der Waals surface area contributed by atoms with Crippen LogP contribution >= 0.6 is 11.6 Å². The highest BCUT2D eigenvalue weighted by Gasteiger charge is 2.33. The Morgan fingerprint density at radius 1 is 1.13 bits per heavy atom. The van der Waals surface area contributed by atoms with Crippen LogP contribution in [0.25, 0.3) is 37.6 Å². The number of piperazine rings is 1. The Morgan fingerprint density at radius 2 is 1.92 bits per heavy atom. The second-order valence-electron chi connectivity index (χ2n) is 10.5. The first-order valence-corrected chi connectivity index (χ1v) is 13.4. The van der Waals surface area contributed by atoms with Gasteiger partial charge in [-0.3, -0.25) is 0 Å². The van der Waals surface area contributed by atoms with E-state index >= 15 is 4.39 Å². The lowest BCUT2D eigenvalue weighted by Crippen LogP contribution is -2.58. The molecule has 6 rings (SSSR count). The fourth-order valence-electron chi connectivity index (χ4n) is 5.49. The van der Waals surface area contributed by atoms with E-state index in [1.165, 1.54) is 0 Å². The number of nitrogens with zero attached hydrogens (tertiary/aromatic N) is 6. The summed E-state index contributed by atoms with van der Waals surface area (Å²) in [5, 5.41) is 16.1. The normalized spacial score (nSPS) is 18.1. The molecule has 3 aromatic carbocycles. The number of halogens is 2. The monoisotopic (exact) mass is 545 g/mol. The van der Waals surface area contributed by atoms with Crippen LogP contribution in [0.2, 0.25) is 5.02 Å². The van der Waals surface area contributed by atoms with Crippen LogP contribution in [0.3, 0.4) is 0 Å². The summed E-state index contributed by atoms with van der Waals surface area (Å²) in [6, 6.07) is 12.8. The van der Waals surface area contributed by atoms with Crippen molar-refractivity contribution in [3.05, 3.63) is 64.7 Å². The molecule has 10 heteroatoms. The Morgan fingerprint density at radius 3 is 2.69 bits per heavy atom. The minimum atomic E-state index is -0.546. The summed E-state index contributed by atoms with van der Waals surface area (Å²) in [5.74, 6) is 0.581. The van der Waals surface area contributed by atoms with Crippen LogP contribution in [0, 0.1) is 12.4 Å². The second kappa shape index (κ2) is 10.1. The van der Waals surface area contributed by atoms with Crippen molar-refractivity contribution in [3.63, 3.8) is 0 Å². The van der Waals surface area contributed by atoms with Gasteiger partial charge in [0.1, 0.15) is 17.1 Å². The van der Waals surface area contributed by atoms with Crippen LogP contribution in [-0.2, 0) is 0 Å². The molecule has 0 saturated carbocycles. The van der Waals surface area contributed by atoms with Crippen molar-refractivity contribution in [1.29, 1.82) is 0 Å². The number of aromatic nitrogens is 2. The van der Waals surface area contributed by atoms with E-state index < -0.39 is 5.82 Å². The van der Waals surface area contributed by atoms with E-state index in [9.17, 15) is 5.11 Å². The molecule has 1 aromatic heterocycles. The number of likely N-dealkylation sites (N-methyl/N-ethyl adjacent to an activating group) is 1. The van der Waals surface area contributed by atoms with Gasteiger partial charge < -0.3 is 30.0 Å². The Kier molecular flexibility index (Phi) is 6.63. The fraction of sp³-hybridized carbons (Fsp3) is 0.345. The molecule has 2 aliphatic heterocycles. The van der Waals surface area contributed by atoms with Crippen LogP contribution < -0.4 is 15.1 Å². The molecule has 2 fully saturated rings. The molecule has 4 aromatic rings. The summed E-state index contributed by atoms with van der Waals surface area (Å²) < 4.78 is 16.6. The van der Waals surface area contributed by atoms with Gasteiger partial charge in [-0.25, -0.2) is 15.9 Å². The third kappa shape index (κ3) is 4.59. The average molecular weight is 546 g/mol. The highest BCUT2D eigenvalue weighted by Crippen LogP contribution is 2.42. The van der Waals surface area contributed by atoms with Gasteiger partial charge in [0.05, 0.1) is 11.1 Å². The molecule has 1 atom stereocenters. The largest absolute Gasteiger partial charge is 0.508 e. The van der Waals surface area contributed by atoms with Gasteiger partial charge in [-0.15, -0.1) is 0 Å². The highest BCUT2D eigenvalue weighted by atomic mass is 35.5. The number of rotatable bonds is 5. The van der Waals surface area contributed by atoms with E-state index in [1.807, 2.05) is 38.4 Å². The second-order valence-corrected chi connectivity index (χ2v) is 10.9. The van der Waals surface area contributed by atoms with Crippen molar-refractivity contribution in [2.24, 2.45) is 0 Å². The molecule has 8 nitrogen and oxygen atoms in total. The number of anilines is 2. The lowest BCUT2D eigenvalue weighted by Gasteiger charge is -2.43. The van der Waals surface area contributed by atoms with E-state index in [2.05, 4.69) is 24.9 Å². The molecule has 0 radical (unpaired) electrons. The zero-order valence-corrected chi connectivity index (χ0v) is 22.6. The highest BCUT2D eigenvalue weighted by molar-refractivity contribution is 6.35. The first kappa shape index (κ1) is 25.6. The number of nitrogens with one attached hydrogen (secondary N) is 1. The molecule has 2 N–H and O–H groups in total. The summed E-state index contributed by atoms with van der Waals surface area (Å²) in [6.07, 6.45) is 0. The van der Waals surface area contributed by atoms with Gasteiger partial charge in [0.2, 0.25) is 12.5 Å². The van der Waals surface area contributed by atoms with Gasteiger partial charge in [-0.2, -0.15) is 4.98 Å². The van der Waals surface area contributed by atoms with E-state index in [1.54, 1.807) is 18.2 Å². The zero-order valence-electron chi connectivity index (χ0n) is 21.8. The lowest BCUT2D eigenvalue weighted by molar-refractivity contribution is 0.245. The molecule has 200 valence electrons. The molecule has 2 aliphatic rings. The van der Waals surface area contributed by atoms with E-state index in [4.69, 9.17) is 28.1 Å². The molecule has 0 unspecified atom stereocenters. The van der Waals surface area contributed by atoms with Crippen LogP contribution in [0.15, 0.2) is 42.5 Å². The van der Waals surface area contributed by atoms with Crippen molar-refractivity contribution in [2.75, 3.05) is 63.2 Å².